The molecule has 0 saturated carbocycles. The van der Waals surface area contributed by atoms with Gasteiger partial charge in [-0.3, -0.25) is 9.52 Å². The highest BCUT2D eigenvalue weighted by Gasteiger charge is 2.31. The van der Waals surface area contributed by atoms with Crippen molar-refractivity contribution in [3.8, 4) is 5.75 Å². The number of nitrogens with one attached hydrogen (secondary N) is 2. The number of methoxy groups -OCH3 is 1. The third-order valence-corrected chi connectivity index (χ3v) is 4.64. The first-order chi connectivity index (χ1) is 12.0. The van der Waals surface area contributed by atoms with Crippen LogP contribution >= 0.6 is 0 Å². The molecule has 0 aromatic heterocycles. The van der Waals surface area contributed by atoms with Crippen LogP contribution in [0, 0.1) is 0 Å². The average Bonchev–Trinajstić information content (AvgIpc) is 2.53. The standard InChI is InChI=1S/C16H15F3N2O4S/c1-10(22)20-12-6-7-15(14(9-12)25-2)26(23,24)21-13-5-3-4-11(8-13)16(17,18)19/h3-9,21H,1-2H3,(H,20,22). The summed E-state index contributed by atoms with van der Waals surface area (Å²) in [5.41, 5.74) is -0.911. The van der Waals surface area contributed by atoms with Crippen LogP contribution in [0.3, 0.4) is 0 Å². The topological polar surface area (TPSA) is 84.5 Å². The van der Waals surface area contributed by atoms with Gasteiger partial charge in [0.2, 0.25) is 5.91 Å². The SMILES string of the molecule is COc1cc(NC(C)=O)ccc1S(=O)(=O)Nc1cccc(C(F)(F)F)c1. The second-order valence-electron chi connectivity index (χ2n) is 5.23. The predicted octanol–water partition coefficient (Wildman–Crippen LogP) is 3.47. The fraction of sp³-hybridized carbons (Fsp3) is 0.188. The van der Waals surface area contributed by atoms with Crippen LogP contribution in [-0.4, -0.2) is 21.4 Å². The Kier molecular flexibility index (Phi) is 5.45. The molecule has 2 N–H and O–H groups in total. The van der Waals surface area contributed by atoms with Crippen molar-refractivity contribution in [1.82, 2.24) is 0 Å². The normalized spacial score (nSPS) is 11.7. The van der Waals surface area contributed by atoms with E-state index in [2.05, 4.69) is 10.0 Å². The van der Waals surface area contributed by atoms with E-state index in [1.165, 1.54) is 38.3 Å². The average molecular weight is 388 g/mol. The van der Waals surface area contributed by atoms with E-state index in [-0.39, 0.29) is 22.2 Å². The molecule has 0 aliphatic rings. The molecule has 140 valence electrons. The second-order valence-corrected chi connectivity index (χ2v) is 6.88. The van der Waals surface area contributed by atoms with E-state index in [1.807, 2.05) is 0 Å². The molecule has 2 aromatic carbocycles. The zero-order chi connectivity index (χ0) is 19.5. The van der Waals surface area contributed by atoms with Gasteiger partial charge >= 0.3 is 6.18 Å². The highest BCUT2D eigenvalue weighted by molar-refractivity contribution is 7.92. The minimum Gasteiger partial charge on any atom is -0.495 e. The van der Waals surface area contributed by atoms with Gasteiger partial charge < -0.3 is 10.1 Å². The molecule has 0 atom stereocenters. The molecule has 0 fully saturated rings. The molecular formula is C16H15F3N2O4S. The first-order valence-electron chi connectivity index (χ1n) is 7.18. The highest BCUT2D eigenvalue weighted by atomic mass is 32.2. The summed E-state index contributed by atoms with van der Waals surface area (Å²) in [6, 6.07) is 7.63. The Morgan fingerprint density at radius 1 is 1.08 bits per heavy atom. The number of ether oxygens (including phenoxy) is 1. The van der Waals surface area contributed by atoms with E-state index in [0.717, 1.165) is 12.1 Å². The minimum atomic E-state index is -4.60. The molecule has 0 radical (unpaired) electrons. The van der Waals surface area contributed by atoms with Crippen molar-refractivity contribution >= 4 is 27.3 Å². The maximum Gasteiger partial charge on any atom is 0.416 e. The Hall–Kier alpha value is -2.75. The van der Waals surface area contributed by atoms with Crippen molar-refractivity contribution in [2.45, 2.75) is 18.0 Å². The van der Waals surface area contributed by atoms with Gasteiger partial charge in [0.15, 0.2) is 0 Å². The number of hydrogen-bond acceptors (Lipinski definition) is 4. The first-order valence-corrected chi connectivity index (χ1v) is 8.67. The fourth-order valence-corrected chi connectivity index (χ4v) is 3.34. The lowest BCUT2D eigenvalue weighted by Crippen LogP contribution is -2.15. The van der Waals surface area contributed by atoms with Crippen LogP contribution in [0.25, 0.3) is 0 Å². The smallest absolute Gasteiger partial charge is 0.416 e. The van der Waals surface area contributed by atoms with Gasteiger partial charge in [-0.05, 0) is 30.3 Å². The lowest BCUT2D eigenvalue weighted by molar-refractivity contribution is -0.137. The fourth-order valence-electron chi connectivity index (χ4n) is 2.14. The van der Waals surface area contributed by atoms with E-state index in [4.69, 9.17) is 4.74 Å². The molecule has 0 aliphatic heterocycles. The second kappa shape index (κ2) is 7.24. The largest absolute Gasteiger partial charge is 0.495 e. The number of carbonyl (C=O) groups is 1. The monoisotopic (exact) mass is 388 g/mol. The minimum absolute atomic E-state index is 0.0734. The van der Waals surface area contributed by atoms with Crippen LogP contribution in [0.2, 0.25) is 0 Å². The van der Waals surface area contributed by atoms with E-state index in [1.54, 1.807) is 0 Å². The quantitative estimate of drug-likeness (QED) is 0.821. The molecule has 0 heterocycles. The summed E-state index contributed by atoms with van der Waals surface area (Å²) < 4.78 is 70.4. The molecule has 0 aliphatic carbocycles. The zero-order valence-electron chi connectivity index (χ0n) is 13.7. The number of halogens is 3. The Bertz CT molecular complexity index is 927. The van der Waals surface area contributed by atoms with Gasteiger partial charge in [-0.25, -0.2) is 8.42 Å². The molecular weight excluding hydrogens is 373 g/mol. The molecule has 0 spiro atoms. The van der Waals surface area contributed by atoms with Crippen molar-refractivity contribution in [2.75, 3.05) is 17.1 Å². The van der Waals surface area contributed by atoms with Crippen molar-refractivity contribution < 1.29 is 31.1 Å². The number of benzene rings is 2. The van der Waals surface area contributed by atoms with Gasteiger partial charge in [0, 0.05) is 24.4 Å². The summed E-state index contributed by atoms with van der Waals surface area (Å²) in [4.78, 5) is 10.8. The van der Waals surface area contributed by atoms with Crippen LogP contribution in [-0.2, 0) is 21.0 Å². The van der Waals surface area contributed by atoms with Gasteiger partial charge in [0.05, 0.1) is 12.7 Å². The highest BCUT2D eigenvalue weighted by Crippen LogP contribution is 2.32. The molecule has 26 heavy (non-hydrogen) atoms. The number of alkyl halides is 3. The predicted molar refractivity (Wildman–Crippen MR) is 89.6 cm³/mol. The molecule has 2 aromatic rings. The molecule has 6 nitrogen and oxygen atoms in total. The summed E-state index contributed by atoms with van der Waals surface area (Å²) in [5.74, 6) is -0.430. The van der Waals surface area contributed by atoms with Gasteiger partial charge in [-0.2, -0.15) is 13.2 Å². The van der Waals surface area contributed by atoms with Crippen molar-refractivity contribution in [3.05, 3.63) is 48.0 Å². The molecule has 0 saturated heterocycles. The summed E-state index contributed by atoms with van der Waals surface area (Å²) in [5, 5.41) is 2.47. The molecule has 0 bridgehead atoms. The van der Waals surface area contributed by atoms with Crippen LogP contribution in [0.15, 0.2) is 47.4 Å². The van der Waals surface area contributed by atoms with Gasteiger partial charge in [-0.15, -0.1) is 0 Å². The van der Waals surface area contributed by atoms with Crippen molar-refractivity contribution in [1.29, 1.82) is 0 Å². The van der Waals surface area contributed by atoms with Crippen LogP contribution < -0.4 is 14.8 Å². The lowest BCUT2D eigenvalue weighted by atomic mass is 10.2. The summed E-state index contributed by atoms with van der Waals surface area (Å²) in [6.45, 7) is 1.28. The number of hydrogen-bond donors (Lipinski definition) is 2. The Morgan fingerprint density at radius 3 is 2.35 bits per heavy atom. The van der Waals surface area contributed by atoms with E-state index < -0.39 is 21.8 Å². The summed E-state index contributed by atoms with van der Waals surface area (Å²) in [6.07, 6.45) is -4.60. The van der Waals surface area contributed by atoms with E-state index in [0.29, 0.717) is 11.8 Å². The zero-order valence-corrected chi connectivity index (χ0v) is 14.5. The van der Waals surface area contributed by atoms with Crippen LogP contribution in [0.1, 0.15) is 12.5 Å². The van der Waals surface area contributed by atoms with Gasteiger partial charge in [0.1, 0.15) is 10.6 Å². The first kappa shape index (κ1) is 19.6. The van der Waals surface area contributed by atoms with Gasteiger partial charge in [-0.1, -0.05) is 6.07 Å². The number of anilines is 2. The van der Waals surface area contributed by atoms with Gasteiger partial charge in [0.25, 0.3) is 10.0 Å². The third-order valence-electron chi connectivity index (χ3n) is 3.22. The molecule has 2 rings (SSSR count). The summed E-state index contributed by atoms with van der Waals surface area (Å²) in [7, 11) is -2.99. The van der Waals surface area contributed by atoms with Crippen molar-refractivity contribution in [3.63, 3.8) is 0 Å². The Labute approximate surface area is 148 Å². The summed E-state index contributed by atoms with van der Waals surface area (Å²) >= 11 is 0. The Morgan fingerprint density at radius 2 is 1.77 bits per heavy atom. The Balaban J connectivity index is 2.37. The maximum atomic E-state index is 12.8. The molecule has 1 amide bonds. The number of carbonyl (C=O) groups excluding carboxylic acids is 1. The van der Waals surface area contributed by atoms with Crippen LogP contribution in [0.5, 0.6) is 5.75 Å². The molecule has 0 unspecified atom stereocenters. The number of rotatable bonds is 5. The molecule has 10 heteroatoms. The van der Waals surface area contributed by atoms with E-state index >= 15 is 0 Å². The third kappa shape index (κ3) is 4.66. The lowest BCUT2D eigenvalue weighted by Gasteiger charge is -2.14. The van der Waals surface area contributed by atoms with Crippen molar-refractivity contribution in [2.24, 2.45) is 0 Å². The van der Waals surface area contributed by atoms with Crippen LogP contribution in [0.4, 0.5) is 24.5 Å². The number of amides is 1. The van der Waals surface area contributed by atoms with E-state index in [9.17, 15) is 26.4 Å². The maximum absolute atomic E-state index is 12.8. The number of sulfonamides is 1.